The predicted molar refractivity (Wildman–Crippen MR) is 115 cm³/mol. The Kier molecular flexibility index (Phi) is 8.74. The second-order valence-electron chi connectivity index (χ2n) is 7.57. The third-order valence-electron chi connectivity index (χ3n) is 5.50. The zero-order valence-corrected chi connectivity index (χ0v) is 18.3. The SMILES string of the molecule is CCCCn1nc(Cc2ccc(OC)c(OC)c2)nc1[C@H]1CC[C@@H](O)[C@H](N)C1.Cl. The fourth-order valence-electron chi connectivity index (χ4n) is 3.85. The third-order valence-corrected chi connectivity index (χ3v) is 5.50. The number of methoxy groups -OCH3 is 2. The van der Waals surface area contributed by atoms with Crippen molar-refractivity contribution in [1.82, 2.24) is 14.8 Å². The Bertz CT molecular complexity index is 783. The van der Waals surface area contributed by atoms with Crippen molar-refractivity contribution in [2.45, 2.75) is 70.1 Å². The molecule has 1 aliphatic rings. The van der Waals surface area contributed by atoms with Crippen LogP contribution in [0.25, 0.3) is 0 Å². The van der Waals surface area contributed by atoms with Crippen molar-refractivity contribution in [2.24, 2.45) is 5.73 Å². The van der Waals surface area contributed by atoms with Crippen LogP contribution in [0.1, 0.15) is 62.2 Å². The zero-order chi connectivity index (χ0) is 20.1. The van der Waals surface area contributed by atoms with Crippen molar-refractivity contribution in [2.75, 3.05) is 14.2 Å². The van der Waals surface area contributed by atoms with E-state index in [9.17, 15) is 5.11 Å². The molecular weight excluding hydrogens is 392 g/mol. The molecule has 8 heteroatoms. The van der Waals surface area contributed by atoms with Crippen LogP contribution in [0, 0.1) is 0 Å². The molecule has 1 aliphatic carbocycles. The van der Waals surface area contributed by atoms with Gasteiger partial charge in [0.1, 0.15) is 5.82 Å². The van der Waals surface area contributed by atoms with Crippen molar-refractivity contribution in [3.05, 3.63) is 35.4 Å². The maximum Gasteiger partial charge on any atom is 0.161 e. The molecule has 1 saturated carbocycles. The fourth-order valence-corrected chi connectivity index (χ4v) is 3.85. The van der Waals surface area contributed by atoms with E-state index in [1.54, 1.807) is 14.2 Å². The van der Waals surface area contributed by atoms with Crippen LogP contribution >= 0.6 is 12.4 Å². The molecule has 1 fully saturated rings. The van der Waals surface area contributed by atoms with Crippen LogP contribution in [0.2, 0.25) is 0 Å². The summed E-state index contributed by atoms with van der Waals surface area (Å²) in [5.41, 5.74) is 7.19. The van der Waals surface area contributed by atoms with Crippen molar-refractivity contribution in [3.63, 3.8) is 0 Å². The highest BCUT2D eigenvalue weighted by molar-refractivity contribution is 5.85. The molecule has 0 spiro atoms. The predicted octanol–water partition coefficient (Wildman–Crippen LogP) is 3.06. The maximum atomic E-state index is 9.96. The summed E-state index contributed by atoms with van der Waals surface area (Å²) in [5.74, 6) is 3.48. The summed E-state index contributed by atoms with van der Waals surface area (Å²) < 4.78 is 12.8. The summed E-state index contributed by atoms with van der Waals surface area (Å²) in [6, 6.07) is 5.70. The molecule has 1 aromatic carbocycles. The number of aromatic nitrogens is 3. The van der Waals surface area contributed by atoms with E-state index in [0.717, 1.165) is 55.9 Å². The highest BCUT2D eigenvalue weighted by Gasteiger charge is 2.30. The number of aliphatic hydroxyl groups excluding tert-OH is 1. The summed E-state index contributed by atoms with van der Waals surface area (Å²) in [6.07, 6.45) is 4.76. The van der Waals surface area contributed by atoms with E-state index in [4.69, 9.17) is 25.3 Å². The number of hydrogen-bond acceptors (Lipinski definition) is 6. The smallest absolute Gasteiger partial charge is 0.161 e. The van der Waals surface area contributed by atoms with E-state index in [1.807, 2.05) is 18.2 Å². The Morgan fingerprint density at radius 2 is 1.97 bits per heavy atom. The lowest BCUT2D eigenvalue weighted by molar-refractivity contribution is 0.0984. The molecule has 162 valence electrons. The molecule has 0 saturated heterocycles. The van der Waals surface area contributed by atoms with E-state index >= 15 is 0 Å². The van der Waals surface area contributed by atoms with Crippen molar-refractivity contribution >= 4 is 12.4 Å². The van der Waals surface area contributed by atoms with Gasteiger partial charge in [-0.15, -0.1) is 12.4 Å². The van der Waals surface area contributed by atoms with Gasteiger partial charge in [-0.25, -0.2) is 9.67 Å². The molecule has 3 atom stereocenters. The van der Waals surface area contributed by atoms with Gasteiger partial charge in [0.2, 0.25) is 0 Å². The van der Waals surface area contributed by atoms with Gasteiger partial charge in [-0.2, -0.15) is 5.10 Å². The van der Waals surface area contributed by atoms with Crippen LogP contribution in [0.15, 0.2) is 18.2 Å². The molecule has 1 heterocycles. The Morgan fingerprint density at radius 3 is 2.62 bits per heavy atom. The first-order valence-corrected chi connectivity index (χ1v) is 10.1. The first-order chi connectivity index (χ1) is 13.5. The largest absolute Gasteiger partial charge is 0.493 e. The van der Waals surface area contributed by atoms with Crippen LogP contribution < -0.4 is 15.2 Å². The number of unbranched alkanes of at least 4 members (excludes halogenated alkanes) is 1. The molecular formula is C21H33ClN4O3. The van der Waals surface area contributed by atoms with E-state index in [-0.39, 0.29) is 24.4 Å². The highest BCUT2D eigenvalue weighted by atomic mass is 35.5. The standard InChI is InChI=1S/C21H32N4O3.ClH/c1-4-5-10-25-21(15-7-8-17(26)16(22)13-15)23-20(24-25)12-14-6-9-18(27-2)19(11-14)28-3;/h6,9,11,15-17,26H,4-5,7-8,10,12-13,22H2,1-3H3;1H/t15-,16+,17+;/m0./s1. The van der Waals surface area contributed by atoms with Crippen LogP contribution in [0.3, 0.4) is 0 Å². The zero-order valence-electron chi connectivity index (χ0n) is 17.5. The van der Waals surface area contributed by atoms with Crippen LogP contribution in [-0.4, -0.2) is 46.2 Å². The molecule has 29 heavy (non-hydrogen) atoms. The van der Waals surface area contributed by atoms with Gasteiger partial charge in [-0.3, -0.25) is 0 Å². The van der Waals surface area contributed by atoms with Gasteiger partial charge in [-0.1, -0.05) is 19.4 Å². The number of benzene rings is 1. The Labute approximate surface area is 179 Å². The van der Waals surface area contributed by atoms with Gasteiger partial charge in [-0.05, 0) is 43.4 Å². The molecule has 0 amide bonds. The second kappa shape index (κ2) is 10.8. The summed E-state index contributed by atoms with van der Waals surface area (Å²) in [5, 5.41) is 14.7. The third kappa shape index (κ3) is 5.62. The highest BCUT2D eigenvalue weighted by Crippen LogP contribution is 2.32. The first kappa shape index (κ1) is 23.4. The van der Waals surface area contributed by atoms with Crippen molar-refractivity contribution in [1.29, 1.82) is 0 Å². The minimum absolute atomic E-state index is 0. The normalized spacial score (nSPS) is 21.5. The molecule has 0 unspecified atom stereocenters. The Balaban J connectivity index is 0.00000300. The van der Waals surface area contributed by atoms with Crippen LogP contribution in [0.5, 0.6) is 11.5 Å². The fraction of sp³-hybridized carbons (Fsp3) is 0.619. The van der Waals surface area contributed by atoms with E-state index < -0.39 is 6.10 Å². The monoisotopic (exact) mass is 424 g/mol. The summed E-state index contributed by atoms with van der Waals surface area (Å²) in [6.45, 7) is 3.03. The second-order valence-corrected chi connectivity index (χ2v) is 7.57. The lowest BCUT2D eigenvalue weighted by atomic mass is 9.83. The molecule has 1 aromatic heterocycles. The number of nitrogens with zero attached hydrogens (tertiary/aromatic N) is 3. The van der Waals surface area contributed by atoms with E-state index in [0.29, 0.717) is 17.9 Å². The topological polar surface area (TPSA) is 95.4 Å². The number of aliphatic hydroxyl groups is 1. The number of hydrogen-bond donors (Lipinski definition) is 2. The molecule has 3 N–H and O–H groups in total. The number of aryl methyl sites for hydroxylation is 1. The van der Waals surface area contributed by atoms with Gasteiger partial charge in [0.25, 0.3) is 0 Å². The Morgan fingerprint density at radius 1 is 1.21 bits per heavy atom. The number of rotatable bonds is 8. The molecule has 3 rings (SSSR count). The van der Waals surface area contributed by atoms with Crippen molar-refractivity contribution in [3.8, 4) is 11.5 Å². The molecule has 0 radical (unpaired) electrons. The minimum Gasteiger partial charge on any atom is -0.493 e. The summed E-state index contributed by atoms with van der Waals surface area (Å²) in [7, 11) is 3.27. The summed E-state index contributed by atoms with van der Waals surface area (Å²) in [4.78, 5) is 4.88. The molecule has 0 bridgehead atoms. The molecule has 2 aromatic rings. The van der Waals surface area contributed by atoms with Crippen molar-refractivity contribution < 1.29 is 14.6 Å². The minimum atomic E-state index is -0.408. The van der Waals surface area contributed by atoms with Gasteiger partial charge >= 0.3 is 0 Å². The molecule has 7 nitrogen and oxygen atoms in total. The number of halogens is 1. The first-order valence-electron chi connectivity index (χ1n) is 10.1. The molecule has 0 aliphatic heterocycles. The van der Waals surface area contributed by atoms with Gasteiger partial charge in [0, 0.05) is 24.9 Å². The van der Waals surface area contributed by atoms with Gasteiger partial charge in [0.15, 0.2) is 17.3 Å². The van der Waals surface area contributed by atoms with Gasteiger partial charge < -0.3 is 20.3 Å². The van der Waals surface area contributed by atoms with Crippen LogP contribution in [0.4, 0.5) is 0 Å². The maximum absolute atomic E-state index is 9.96. The lowest BCUT2D eigenvalue weighted by Gasteiger charge is -2.30. The van der Waals surface area contributed by atoms with E-state index in [2.05, 4.69) is 11.6 Å². The van der Waals surface area contributed by atoms with Gasteiger partial charge in [0.05, 0.1) is 20.3 Å². The lowest BCUT2D eigenvalue weighted by Crippen LogP contribution is -2.40. The average molecular weight is 425 g/mol. The number of ether oxygens (including phenoxy) is 2. The van der Waals surface area contributed by atoms with E-state index in [1.165, 1.54) is 0 Å². The Hall–Kier alpha value is -1.83. The average Bonchev–Trinajstić information content (AvgIpc) is 3.10. The van der Waals surface area contributed by atoms with Crippen LogP contribution in [-0.2, 0) is 13.0 Å². The number of nitrogens with two attached hydrogens (primary N) is 1. The summed E-state index contributed by atoms with van der Waals surface area (Å²) >= 11 is 0. The quantitative estimate of drug-likeness (QED) is 0.676.